The van der Waals surface area contributed by atoms with Gasteiger partial charge in [-0.15, -0.1) is 0 Å². The average molecular weight is 367 g/mol. The van der Waals surface area contributed by atoms with Gasteiger partial charge in [0.25, 0.3) is 6.43 Å². The molecule has 0 saturated heterocycles. The number of rotatable bonds is 2. The molecule has 9 heteroatoms. The van der Waals surface area contributed by atoms with Crippen molar-refractivity contribution in [2.45, 2.75) is 12.6 Å². The Balaban J connectivity index is 3.67. The van der Waals surface area contributed by atoms with Gasteiger partial charge in [-0.3, -0.25) is 0 Å². The van der Waals surface area contributed by atoms with Gasteiger partial charge in [-0.2, -0.15) is 13.2 Å². The molecular weight excluding hydrogens is 364 g/mol. The van der Waals surface area contributed by atoms with Gasteiger partial charge in [-0.1, -0.05) is 0 Å². The summed E-state index contributed by atoms with van der Waals surface area (Å²) in [7, 11) is 0. The van der Waals surface area contributed by atoms with E-state index in [1.165, 1.54) is 0 Å². The highest BCUT2D eigenvalue weighted by molar-refractivity contribution is 14.1. The lowest BCUT2D eigenvalue weighted by Crippen LogP contribution is -2.17. The Bertz CT molecular complexity index is 460. The van der Waals surface area contributed by atoms with Gasteiger partial charge in [0.2, 0.25) is 0 Å². The molecule has 0 atom stereocenters. The van der Waals surface area contributed by atoms with Crippen LogP contribution in [-0.2, 0) is 6.18 Å². The molecule has 0 fully saturated rings. The summed E-state index contributed by atoms with van der Waals surface area (Å²) in [6, 6.07) is 0. The molecule has 0 saturated carbocycles. The molecular formula is C8H3F5INO2. The molecule has 1 rings (SSSR count). The predicted molar refractivity (Wildman–Crippen MR) is 53.9 cm³/mol. The lowest BCUT2D eigenvalue weighted by molar-refractivity contribution is -0.140. The van der Waals surface area contributed by atoms with Gasteiger partial charge < -0.3 is 5.11 Å². The van der Waals surface area contributed by atoms with E-state index in [9.17, 15) is 26.7 Å². The molecule has 1 N–H and O–H groups in total. The number of halogens is 6. The normalized spacial score (nSPS) is 11.9. The molecule has 17 heavy (non-hydrogen) atoms. The third-order valence-electron chi connectivity index (χ3n) is 1.80. The minimum Gasteiger partial charge on any atom is -0.478 e. The maximum absolute atomic E-state index is 12.6. The van der Waals surface area contributed by atoms with Crippen molar-refractivity contribution in [3.8, 4) is 0 Å². The first-order valence-electron chi connectivity index (χ1n) is 3.93. The lowest BCUT2D eigenvalue weighted by atomic mass is 10.0. The van der Waals surface area contributed by atoms with Crippen molar-refractivity contribution in [1.82, 2.24) is 4.98 Å². The fraction of sp³-hybridized carbons (Fsp3) is 0.250. The summed E-state index contributed by atoms with van der Waals surface area (Å²) in [4.78, 5) is 13.7. The van der Waals surface area contributed by atoms with Crippen LogP contribution in [0.1, 0.15) is 27.9 Å². The minimum atomic E-state index is -5.08. The number of aromatic carboxylic acids is 1. The smallest absolute Gasteiger partial charge is 0.419 e. The fourth-order valence-corrected chi connectivity index (χ4v) is 1.90. The van der Waals surface area contributed by atoms with E-state index in [0.717, 1.165) is 22.6 Å². The van der Waals surface area contributed by atoms with E-state index in [1.54, 1.807) is 0 Å². The van der Waals surface area contributed by atoms with Crippen LogP contribution >= 0.6 is 22.6 Å². The Morgan fingerprint density at radius 1 is 1.41 bits per heavy atom. The standard InChI is InChI=1S/C8H3F5INO2/c9-5(10)3-2(7(16)17)1-15-6(14)4(3)8(11,12)13/h1,5H,(H,16,17). The topological polar surface area (TPSA) is 50.2 Å². The van der Waals surface area contributed by atoms with E-state index in [-0.39, 0.29) is 0 Å². The zero-order valence-corrected chi connectivity index (χ0v) is 9.88. The molecule has 0 bridgehead atoms. The highest BCUT2D eigenvalue weighted by Crippen LogP contribution is 2.39. The van der Waals surface area contributed by atoms with Crippen molar-refractivity contribution in [2.24, 2.45) is 0 Å². The lowest BCUT2D eigenvalue weighted by Gasteiger charge is -2.15. The third-order valence-corrected chi connectivity index (χ3v) is 2.62. The molecule has 0 spiro atoms. The average Bonchev–Trinajstić information content (AvgIpc) is 2.14. The summed E-state index contributed by atoms with van der Waals surface area (Å²) in [5, 5.41) is 8.55. The van der Waals surface area contributed by atoms with Gasteiger partial charge in [0.05, 0.1) is 11.1 Å². The van der Waals surface area contributed by atoms with Crippen LogP contribution in [0.3, 0.4) is 0 Å². The van der Waals surface area contributed by atoms with Gasteiger partial charge in [0.15, 0.2) is 0 Å². The summed E-state index contributed by atoms with van der Waals surface area (Å²) >= 11 is 1.13. The van der Waals surface area contributed by atoms with Crippen molar-refractivity contribution in [3.63, 3.8) is 0 Å². The number of hydrogen-bond donors (Lipinski definition) is 1. The van der Waals surface area contributed by atoms with E-state index in [4.69, 9.17) is 5.11 Å². The van der Waals surface area contributed by atoms with E-state index < -0.39 is 39.0 Å². The third kappa shape index (κ3) is 2.82. The molecule has 94 valence electrons. The summed E-state index contributed by atoms with van der Waals surface area (Å²) in [5.41, 5.74) is -4.40. The van der Waals surface area contributed by atoms with Crippen LogP contribution in [0.15, 0.2) is 6.20 Å². The molecule has 0 aromatic carbocycles. The van der Waals surface area contributed by atoms with Crippen LogP contribution < -0.4 is 0 Å². The highest BCUT2D eigenvalue weighted by Gasteiger charge is 2.41. The van der Waals surface area contributed by atoms with Crippen LogP contribution in [-0.4, -0.2) is 16.1 Å². The van der Waals surface area contributed by atoms with Crippen LogP contribution in [0.5, 0.6) is 0 Å². The van der Waals surface area contributed by atoms with Crippen molar-refractivity contribution >= 4 is 28.6 Å². The Kier molecular flexibility index (Phi) is 3.89. The minimum absolute atomic E-state index is 0.487. The van der Waals surface area contributed by atoms with Crippen LogP contribution in [0.25, 0.3) is 0 Å². The first-order valence-corrected chi connectivity index (χ1v) is 5.01. The Hall–Kier alpha value is -1.00. The SMILES string of the molecule is O=C(O)c1cnc(I)c(C(F)(F)F)c1C(F)F. The number of nitrogens with zero attached hydrogens (tertiary/aromatic N) is 1. The Morgan fingerprint density at radius 2 is 1.94 bits per heavy atom. The highest BCUT2D eigenvalue weighted by atomic mass is 127. The summed E-state index contributed by atoms with van der Waals surface area (Å²) in [6.07, 6.45) is -8.14. The van der Waals surface area contributed by atoms with Gasteiger partial charge in [0, 0.05) is 11.8 Å². The van der Waals surface area contributed by atoms with E-state index in [1.807, 2.05) is 0 Å². The van der Waals surface area contributed by atoms with E-state index >= 15 is 0 Å². The van der Waals surface area contributed by atoms with Crippen LogP contribution in [0.2, 0.25) is 0 Å². The monoisotopic (exact) mass is 367 g/mol. The quantitative estimate of drug-likeness (QED) is 0.496. The molecule has 3 nitrogen and oxygen atoms in total. The van der Waals surface area contributed by atoms with Crippen LogP contribution in [0, 0.1) is 3.70 Å². The number of hydrogen-bond acceptors (Lipinski definition) is 2. The Morgan fingerprint density at radius 3 is 2.29 bits per heavy atom. The molecule has 0 unspecified atom stereocenters. The maximum Gasteiger partial charge on any atom is 0.419 e. The molecule has 1 aromatic heterocycles. The second kappa shape index (κ2) is 4.70. The van der Waals surface area contributed by atoms with Crippen molar-refractivity contribution in [1.29, 1.82) is 0 Å². The van der Waals surface area contributed by atoms with Gasteiger partial charge in [0.1, 0.15) is 3.70 Å². The van der Waals surface area contributed by atoms with Crippen molar-refractivity contribution < 1.29 is 31.9 Å². The number of carbonyl (C=O) groups is 1. The van der Waals surface area contributed by atoms with Crippen molar-refractivity contribution in [3.05, 3.63) is 26.6 Å². The number of aromatic nitrogens is 1. The molecule has 1 aromatic rings. The van der Waals surface area contributed by atoms with Gasteiger partial charge >= 0.3 is 12.1 Å². The molecule has 0 aliphatic rings. The molecule has 0 amide bonds. The zero-order chi connectivity index (χ0) is 13.4. The predicted octanol–water partition coefficient (Wildman–Crippen LogP) is 3.34. The Labute approximate surface area is 105 Å². The second-order valence-electron chi connectivity index (χ2n) is 2.85. The molecule has 0 radical (unpaired) electrons. The number of alkyl halides is 5. The van der Waals surface area contributed by atoms with Gasteiger partial charge in [-0.05, 0) is 22.6 Å². The van der Waals surface area contributed by atoms with Crippen molar-refractivity contribution in [2.75, 3.05) is 0 Å². The number of pyridine rings is 1. The van der Waals surface area contributed by atoms with Crippen LogP contribution in [0.4, 0.5) is 22.0 Å². The largest absolute Gasteiger partial charge is 0.478 e. The zero-order valence-electron chi connectivity index (χ0n) is 7.73. The summed E-state index contributed by atoms with van der Waals surface area (Å²) < 4.78 is 62.0. The molecule has 0 aliphatic carbocycles. The summed E-state index contributed by atoms with van der Waals surface area (Å²) in [6.45, 7) is 0. The van der Waals surface area contributed by atoms with E-state index in [0.29, 0.717) is 6.20 Å². The molecule has 0 aliphatic heterocycles. The summed E-state index contributed by atoms with van der Waals surface area (Å²) in [5.74, 6) is -1.88. The second-order valence-corrected chi connectivity index (χ2v) is 3.88. The first kappa shape index (κ1) is 14.1. The molecule has 1 heterocycles. The van der Waals surface area contributed by atoms with E-state index in [2.05, 4.69) is 4.98 Å². The maximum atomic E-state index is 12.6. The number of carboxylic acids is 1. The van der Waals surface area contributed by atoms with Gasteiger partial charge in [-0.25, -0.2) is 18.6 Å². The number of carboxylic acid groups (broad SMARTS) is 1. The first-order chi connectivity index (χ1) is 7.66. The fourth-order valence-electron chi connectivity index (χ4n) is 1.17.